The van der Waals surface area contributed by atoms with Crippen molar-refractivity contribution in [2.45, 2.75) is 24.4 Å². The molecule has 1 aliphatic heterocycles. The van der Waals surface area contributed by atoms with Crippen molar-refractivity contribution in [3.05, 3.63) is 59.7 Å². The van der Waals surface area contributed by atoms with E-state index in [9.17, 15) is 14.7 Å². The maximum atomic E-state index is 12.5. The first kappa shape index (κ1) is 17.2. The summed E-state index contributed by atoms with van der Waals surface area (Å²) in [4.78, 5) is 25.1. The molecule has 1 fully saturated rings. The fraction of sp³-hybridized carbons (Fsp3) is 0.300. The van der Waals surface area contributed by atoms with Crippen LogP contribution in [0.25, 0.3) is 11.1 Å². The van der Waals surface area contributed by atoms with E-state index in [1.54, 1.807) is 0 Å². The number of carboxylic acid groups (broad SMARTS) is 1. The molecule has 1 aliphatic carbocycles. The fourth-order valence-corrected chi connectivity index (χ4v) is 4.02. The lowest BCUT2D eigenvalue weighted by atomic mass is 9.98. The normalized spacial score (nSPS) is 20.8. The van der Waals surface area contributed by atoms with Crippen LogP contribution in [0.1, 0.15) is 23.5 Å². The third kappa shape index (κ3) is 2.95. The topological polar surface area (TPSA) is 103 Å². The molecule has 0 bridgehead atoms. The molecule has 1 amide bonds. The monoisotopic (exact) mass is 365 g/mol. The van der Waals surface area contributed by atoms with E-state index in [4.69, 9.17) is 10.3 Å². The van der Waals surface area contributed by atoms with Crippen LogP contribution in [-0.2, 0) is 9.53 Å². The van der Waals surface area contributed by atoms with Crippen LogP contribution in [0.4, 0.5) is 4.79 Å². The predicted molar refractivity (Wildman–Crippen MR) is 96.8 cm³/mol. The number of hydrogen-bond acceptors (Lipinski definition) is 5. The molecule has 2 aliphatic rings. The van der Waals surface area contributed by atoms with Gasteiger partial charge in [0.25, 0.3) is 0 Å². The molecule has 1 heterocycles. The molecule has 0 aromatic heterocycles. The Kier molecular flexibility index (Phi) is 4.35. The number of amides is 1. The zero-order valence-corrected chi connectivity index (χ0v) is 14.5. The van der Waals surface area contributed by atoms with Gasteiger partial charge in [0.15, 0.2) is 0 Å². The van der Waals surface area contributed by atoms with Crippen molar-refractivity contribution in [1.82, 2.24) is 4.90 Å². The highest BCUT2D eigenvalue weighted by atomic mass is 16.6. The first-order valence-electron chi connectivity index (χ1n) is 8.81. The first-order valence-corrected chi connectivity index (χ1v) is 8.81. The fourth-order valence-electron chi connectivity index (χ4n) is 4.02. The van der Waals surface area contributed by atoms with Gasteiger partial charge in [-0.05, 0) is 22.3 Å². The number of aliphatic carboxylic acids is 1. The summed E-state index contributed by atoms with van der Waals surface area (Å²) in [5.41, 5.74) is 11.6. The summed E-state index contributed by atoms with van der Waals surface area (Å²) in [6.45, 7) is 0.232. The number of nitrogens with zero attached hydrogens (tertiary/aromatic N) is 2. The number of carbonyl (C=O) groups is 2. The number of carboxylic acids is 1. The average molecular weight is 365 g/mol. The van der Waals surface area contributed by atoms with E-state index in [1.807, 2.05) is 36.4 Å². The van der Waals surface area contributed by atoms with Crippen molar-refractivity contribution in [3.63, 3.8) is 0 Å². The Bertz CT molecular complexity index is 868. The van der Waals surface area contributed by atoms with Gasteiger partial charge in [0.1, 0.15) is 12.6 Å². The Hall–Kier alpha value is -3.22. The van der Waals surface area contributed by atoms with Crippen LogP contribution in [0.3, 0.4) is 0 Å². The van der Waals surface area contributed by atoms with E-state index in [0.29, 0.717) is 0 Å². The summed E-state index contributed by atoms with van der Waals surface area (Å²) in [7, 11) is 0. The second-order valence-electron chi connectivity index (χ2n) is 6.83. The number of nitrogens with one attached hydrogen (secondary N) is 1. The summed E-state index contributed by atoms with van der Waals surface area (Å²) in [5.74, 6) is -1.18. The van der Waals surface area contributed by atoms with Crippen LogP contribution in [0.2, 0.25) is 0 Å². The zero-order valence-electron chi connectivity index (χ0n) is 14.5. The second-order valence-corrected chi connectivity index (χ2v) is 6.83. The summed E-state index contributed by atoms with van der Waals surface area (Å²) in [5, 5.41) is 12.7. The molecule has 4 rings (SSSR count). The van der Waals surface area contributed by atoms with Crippen molar-refractivity contribution in [2.24, 2.45) is 5.11 Å². The van der Waals surface area contributed by atoms with Gasteiger partial charge in [0.05, 0.1) is 6.04 Å². The highest BCUT2D eigenvalue weighted by Gasteiger charge is 2.41. The molecule has 2 aromatic carbocycles. The van der Waals surface area contributed by atoms with E-state index in [0.717, 1.165) is 27.2 Å². The Morgan fingerprint density at radius 3 is 2.26 bits per heavy atom. The maximum Gasteiger partial charge on any atom is 0.410 e. The van der Waals surface area contributed by atoms with Gasteiger partial charge in [-0.2, -0.15) is 5.11 Å². The third-order valence-electron chi connectivity index (χ3n) is 5.32. The first-order chi connectivity index (χ1) is 13.1. The highest BCUT2D eigenvalue weighted by Crippen LogP contribution is 2.44. The Morgan fingerprint density at radius 2 is 1.70 bits per heavy atom. The van der Waals surface area contributed by atoms with Crippen molar-refractivity contribution >= 4 is 12.1 Å². The van der Waals surface area contributed by atoms with Gasteiger partial charge in [-0.3, -0.25) is 4.90 Å². The number of fused-ring (bicyclic) bond motifs is 3. The SMILES string of the molecule is N=N[C@H]1C[C@@H](C(=O)O)N(C(=O)OCC2c3ccccc3-c3ccccc32)C1. The summed E-state index contributed by atoms with van der Waals surface area (Å²) in [6.07, 6.45) is -0.529. The predicted octanol–water partition coefficient (Wildman–Crippen LogP) is 3.49. The van der Waals surface area contributed by atoms with E-state index < -0.39 is 24.1 Å². The Balaban J connectivity index is 1.53. The molecule has 0 spiro atoms. The number of ether oxygens (including phenoxy) is 1. The van der Waals surface area contributed by atoms with Crippen LogP contribution in [0.15, 0.2) is 53.6 Å². The van der Waals surface area contributed by atoms with Crippen LogP contribution in [-0.4, -0.2) is 47.3 Å². The molecule has 27 heavy (non-hydrogen) atoms. The van der Waals surface area contributed by atoms with Gasteiger partial charge in [-0.15, -0.1) is 0 Å². The van der Waals surface area contributed by atoms with Gasteiger partial charge in [-0.25, -0.2) is 15.1 Å². The maximum absolute atomic E-state index is 12.5. The molecule has 2 atom stereocenters. The van der Waals surface area contributed by atoms with Gasteiger partial charge >= 0.3 is 12.1 Å². The number of rotatable bonds is 4. The molecule has 0 radical (unpaired) electrons. The molecule has 138 valence electrons. The number of likely N-dealkylation sites (tertiary alicyclic amines) is 1. The highest BCUT2D eigenvalue weighted by molar-refractivity contribution is 5.81. The molecule has 0 unspecified atom stereocenters. The molecule has 7 nitrogen and oxygen atoms in total. The Morgan fingerprint density at radius 1 is 1.11 bits per heavy atom. The van der Waals surface area contributed by atoms with Crippen LogP contribution in [0, 0.1) is 5.53 Å². The van der Waals surface area contributed by atoms with Gasteiger partial charge in [0.2, 0.25) is 0 Å². The van der Waals surface area contributed by atoms with Gasteiger partial charge < -0.3 is 9.84 Å². The van der Waals surface area contributed by atoms with Crippen molar-refractivity contribution < 1.29 is 19.4 Å². The molecule has 2 N–H and O–H groups in total. The van der Waals surface area contributed by atoms with Crippen molar-refractivity contribution in [2.75, 3.05) is 13.2 Å². The quantitative estimate of drug-likeness (QED) is 0.809. The van der Waals surface area contributed by atoms with Crippen LogP contribution >= 0.6 is 0 Å². The largest absolute Gasteiger partial charge is 0.480 e. The van der Waals surface area contributed by atoms with E-state index in [-0.39, 0.29) is 25.5 Å². The zero-order chi connectivity index (χ0) is 19.0. The lowest BCUT2D eigenvalue weighted by Gasteiger charge is -2.22. The molecular weight excluding hydrogens is 346 g/mol. The second kappa shape index (κ2) is 6.83. The molecule has 7 heteroatoms. The standard InChI is InChI=1S/C20H19N3O4/c21-22-12-9-18(19(24)25)23(10-12)20(26)27-11-17-15-7-3-1-5-13(15)14-6-2-4-8-16(14)17/h1-8,12,17-18,21H,9-11H2,(H,24,25)/t12-,18-/m0/s1. The van der Waals surface area contributed by atoms with Crippen molar-refractivity contribution in [1.29, 1.82) is 5.53 Å². The third-order valence-corrected chi connectivity index (χ3v) is 5.32. The molecule has 1 saturated heterocycles. The summed E-state index contributed by atoms with van der Waals surface area (Å²) < 4.78 is 5.52. The van der Waals surface area contributed by atoms with Crippen LogP contribution < -0.4 is 0 Å². The average Bonchev–Trinajstić information content (AvgIpc) is 3.26. The van der Waals surface area contributed by atoms with E-state index in [2.05, 4.69) is 17.2 Å². The Labute approximate surface area is 156 Å². The number of carbonyl (C=O) groups excluding carboxylic acids is 1. The summed E-state index contributed by atoms with van der Waals surface area (Å²) >= 11 is 0. The molecular formula is C20H19N3O4. The van der Waals surface area contributed by atoms with E-state index in [1.165, 1.54) is 0 Å². The lowest BCUT2D eigenvalue weighted by molar-refractivity contribution is -0.141. The minimum Gasteiger partial charge on any atom is -0.480 e. The lowest BCUT2D eigenvalue weighted by Crippen LogP contribution is -2.41. The van der Waals surface area contributed by atoms with Gasteiger partial charge in [-0.1, -0.05) is 48.5 Å². The van der Waals surface area contributed by atoms with E-state index >= 15 is 0 Å². The molecule has 0 saturated carbocycles. The molecule has 2 aromatic rings. The van der Waals surface area contributed by atoms with Crippen LogP contribution in [0.5, 0.6) is 0 Å². The van der Waals surface area contributed by atoms with Gasteiger partial charge in [0, 0.05) is 18.9 Å². The van der Waals surface area contributed by atoms with Crippen molar-refractivity contribution in [3.8, 4) is 11.1 Å². The number of benzene rings is 2. The minimum atomic E-state index is -1.10. The summed E-state index contributed by atoms with van der Waals surface area (Å²) in [6, 6.07) is 14.5. The minimum absolute atomic E-state index is 0.0797. The smallest absolute Gasteiger partial charge is 0.410 e. The number of hydrogen-bond donors (Lipinski definition) is 2.